The highest BCUT2D eigenvalue weighted by molar-refractivity contribution is 5.98. The van der Waals surface area contributed by atoms with Crippen molar-refractivity contribution in [2.75, 3.05) is 13.2 Å². The number of Topliss-reactive ketones (excluding diaryl/α,β-unsaturated/α-hetero) is 1. The Kier molecular flexibility index (Phi) is 4.25. The van der Waals surface area contributed by atoms with Crippen molar-refractivity contribution in [3.8, 4) is 0 Å². The first kappa shape index (κ1) is 12.9. The number of ketones is 1. The summed E-state index contributed by atoms with van der Waals surface area (Å²) in [5.41, 5.74) is 1.85. The molecule has 0 N–H and O–H groups in total. The second-order valence-electron chi connectivity index (χ2n) is 4.86. The van der Waals surface area contributed by atoms with Gasteiger partial charge < -0.3 is 4.74 Å². The summed E-state index contributed by atoms with van der Waals surface area (Å²) < 4.78 is 5.17. The van der Waals surface area contributed by atoms with Gasteiger partial charge in [0.2, 0.25) is 0 Å². The summed E-state index contributed by atoms with van der Waals surface area (Å²) in [5.74, 6) is 0.0624. The zero-order valence-corrected chi connectivity index (χ0v) is 10.5. The van der Waals surface area contributed by atoms with Crippen LogP contribution in [0.4, 0.5) is 0 Å². The van der Waals surface area contributed by atoms with Crippen molar-refractivity contribution >= 4 is 5.78 Å². The summed E-state index contributed by atoms with van der Waals surface area (Å²) in [6, 6.07) is 7.76. The average Bonchev–Trinajstić information content (AvgIpc) is 2.24. The minimum atomic E-state index is -0.0154. The van der Waals surface area contributed by atoms with Crippen LogP contribution in [0.15, 0.2) is 24.3 Å². The van der Waals surface area contributed by atoms with Gasteiger partial charge in [-0.3, -0.25) is 4.79 Å². The molecule has 0 aliphatic carbocycles. The molecule has 0 radical (unpaired) electrons. The molecule has 88 valence electrons. The monoisotopic (exact) mass is 220 g/mol. The summed E-state index contributed by atoms with van der Waals surface area (Å²) in [5, 5.41) is 0. The summed E-state index contributed by atoms with van der Waals surface area (Å²) >= 11 is 0. The standard InChI is InChI=1S/C14H20O2/c1-5-16-10-13(15)11-8-6-7-9-12(11)14(2,3)4/h6-9H,5,10H2,1-4H3. The van der Waals surface area contributed by atoms with Crippen LogP contribution < -0.4 is 0 Å². The first-order valence-electron chi connectivity index (χ1n) is 5.67. The lowest BCUT2D eigenvalue weighted by Crippen LogP contribution is -2.19. The summed E-state index contributed by atoms with van der Waals surface area (Å²) in [6.45, 7) is 8.97. The lowest BCUT2D eigenvalue weighted by molar-refractivity contribution is 0.0781. The molecule has 0 bridgehead atoms. The maximum atomic E-state index is 11.9. The average molecular weight is 220 g/mol. The fourth-order valence-electron chi connectivity index (χ4n) is 1.65. The maximum Gasteiger partial charge on any atom is 0.188 e. The van der Waals surface area contributed by atoms with Crippen LogP contribution in [0.3, 0.4) is 0 Å². The third kappa shape index (κ3) is 3.17. The molecular formula is C14H20O2. The Bertz CT molecular complexity index is 361. The van der Waals surface area contributed by atoms with Crippen LogP contribution in [0.2, 0.25) is 0 Å². The number of benzene rings is 1. The summed E-state index contributed by atoms with van der Waals surface area (Å²) in [6.07, 6.45) is 0. The molecule has 0 spiro atoms. The molecule has 2 nitrogen and oxygen atoms in total. The predicted molar refractivity (Wildman–Crippen MR) is 66.0 cm³/mol. The quantitative estimate of drug-likeness (QED) is 0.728. The fraction of sp³-hybridized carbons (Fsp3) is 0.500. The minimum Gasteiger partial charge on any atom is -0.374 e. The van der Waals surface area contributed by atoms with E-state index in [4.69, 9.17) is 4.74 Å². The van der Waals surface area contributed by atoms with E-state index < -0.39 is 0 Å². The van der Waals surface area contributed by atoms with E-state index in [1.807, 2.05) is 31.2 Å². The zero-order chi connectivity index (χ0) is 12.2. The van der Waals surface area contributed by atoms with Crippen molar-refractivity contribution < 1.29 is 9.53 Å². The molecule has 0 saturated heterocycles. The van der Waals surface area contributed by atoms with Gasteiger partial charge in [0.05, 0.1) is 0 Å². The molecule has 0 amide bonds. The van der Waals surface area contributed by atoms with E-state index in [0.29, 0.717) is 6.61 Å². The Morgan fingerprint density at radius 2 is 1.88 bits per heavy atom. The van der Waals surface area contributed by atoms with Crippen molar-refractivity contribution in [2.45, 2.75) is 33.1 Å². The van der Waals surface area contributed by atoms with E-state index in [-0.39, 0.29) is 17.8 Å². The molecule has 16 heavy (non-hydrogen) atoms. The van der Waals surface area contributed by atoms with Crippen LogP contribution in [0.25, 0.3) is 0 Å². The number of hydrogen-bond acceptors (Lipinski definition) is 2. The smallest absolute Gasteiger partial charge is 0.188 e. The number of carbonyl (C=O) groups excluding carboxylic acids is 1. The van der Waals surface area contributed by atoms with Gasteiger partial charge in [0.1, 0.15) is 6.61 Å². The van der Waals surface area contributed by atoms with Gasteiger partial charge in [-0.05, 0) is 17.9 Å². The normalized spacial score (nSPS) is 11.5. The lowest BCUT2D eigenvalue weighted by Gasteiger charge is -2.22. The number of hydrogen-bond donors (Lipinski definition) is 0. The lowest BCUT2D eigenvalue weighted by atomic mass is 9.83. The number of ether oxygens (including phenoxy) is 1. The predicted octanol–water partition coefficient (Wildman–Crippen LogP) is 3.20. The highest BCUT2D eigenvalue weighted by Gasteiger charge is 2.20. The van der Waals surface area contributed by atoms with Crippen molar-refractivity contribution in [3.63, 3.8) is 0 Å². The topological polar surface area (TPSA) is 26.3 Å². The van der Waals surface area contributed by atoms with Gasteiger partial charge in [0, 0.05) is 12.2 Å². The van der Waals surface area contributed by atoms with Gasteiger partial charge in [-0.1, -0.05) is 45.0 Å². The Balaban J connectivity index is 3.00. The van der Waals surface area contributed by atoms with Crippen molar-refractivity contribution in [1.82, 2.24) is 0 Å². The highest BCUT2D eigenvalue weighted by Crippen LogP contribution is 2.25. The van der Waals surface area contributed by atoms with E-state index in [9.17, 15) is 4.79 Å². The molecule has 0 fully saturated rings. The van der Waals surface area contributed by atoms with Crippen molar-refractivity contribution in [2.24, 2.45) is 0 Å². The third-order valence-corrected chi connectivity index (χ3v) is 2.47. The summed E-state index contributed by atoms with van der Waals surface area (Å²) in [4.78, 5) is 11.9. The summed E-state index contributed by atoms with van der Waals surface area (Å²) in [7, 11) is 0. The molecule has 0 aliphatic heterocycles. The van der Waals surface area contributed by atoms with Gasteiger partial charge in [-0.15, -0.1) is 0 Å². The van der Waals surface area contributed by atoms with Crippen LogP contribution >= 0.6 is 0 Å². The molecule has 1 aromatic carbocycles. The largest absolute Gasteiger partial charge is 0.374 e. The van der Waals surface area contributed by atoms with Crippen molar-refractivity contribution in [3.05, 3.63) is 35.4 Å². The second-order valence-corrected chi connectivity index (χ2v) is 4.86. The molecule has 0 aliphatic rings. The maximum absolute atomic E-state index is 11.9. The first-order valence-corrected chi connectivity index (χ1v) is 5.67. The van der Waals surface area contributed by atoms with Crippen LogP contribution in [-0.2, 0) is 10.2 Å². The molecule has 2 heteroatoms. The van der Waals surface area contributed by atoms with Gasteiger partial charge in [-0.2, -0.15) is 0 Å². The molecule has 0 aromatic heterocycles. The van der Waals surface area contributed by atoms with E-state index in [1.54, 1.807) is 0 Å². The SMILES string of the molecule is CCOCC(=O)c1ccccc1C(C)(C)C. The van der Waals surface area contributed by atoms with Gasteiger partial charge >= 0.3 is 0 Å². The minimum absolute atomic E-state index is 0.0154. The zero-order valence-electron chi connectivity index (χ0n) is 10.5. The van der Waals surface area contributed by atoms with E-state index in [0.717, 1.165) is 11.1 Å². The van der Waals surface area contributed by atoms with Crippen LogP contribution in [0.5, 0.6) is 0 Å². The van der Waals surface area contributed by atoms with Gasteiger partial charge in [0.15, 0.2) is 5.78 Å². The molecule has 0 saturated carbocycles. The molecule has 0 atom stereocenters. The van der Waals surface area contributed by atoms with Gasteiger partial charge in [-0.25, -0.2) is 0 Å². The third-order valence-electron chi connectivity index (χ3n) is 2.47. The second kappa shape index (κ2) is 5.26. The molecule has 0 unspecified atom stereocenters. The molecular weight excluding hydrogens is 200 g/mol. The van der Waals surface area contributed by atoms with E-state index in [1.165, 1.54) is 0 Å². The Morgan fingerprint density at radius 1 is 1.25 bits per heavy atom. The highest BCUT2D eigenvalue weighted by atomic mass is 16.5. The van der Waals surface area contributed by atoms with Gasteiger partial charge in [0.25, 0.3) is 0 Å². The van der Waals surface area contributed by atoms with Crippen molar-refractivity contribution in [1.29, 1.82) is 0 Å². The Labute approximate surface area is 97.6 Å². The van der Waals surface area contributed by atoms with E-state index in [2.05, 4.69) is 20.8 Å². The molecule has 1 aromatic rings. The molecule has 1 rings (SSSR count). The van der Waals surface area contributed by atoms with E-state index >= 15 is 0 Å². The number of rotatable bonds is 4. The number of carbonyl (C=O) groups is 1. The first-order chi connectivity index (χ1) is 7.46. The Morgan fingerprint density at radius 3 is 2.44 bits per heavy atom. The Hall–Kier alpha value is -1.15. The van der Waals surface area contributed by atoms with Crippen LogP contribution in [0, 0.1) is 0 Å². The fourth-order valence-corrected chi connectivity index (χ4v) is 1.65. The van der Waals surface area contributed by atoms with Crippen LogP contribution in [-0.4, -0.2) is 19.0 Å². The molecule has 0 heterocycles. The van der Waals surface area contributed by atoms with Crippen LogP contribution in [0.1, 0.15) is 43.6 Å².